The van der Waals surface area contributed by atoms with Crippen LogP contribution in [0.4, 0.5) is 0 Å². The maximum Gasteiger partial charge on any atom is 0.230 e. The Bertz CT molecular complexity index is 308. The van der Waals surface area contributed by atoms with E-state index in [0.717, 1.165) is 19.5 Å². The van der Waals surface area contributed by atoms with Crippen molar-refractivity contribution in [2.45, 2.75) is 36.8 Å². The first-order valence-corrected chi connectivity index (χ1v) is 7.52. The number of carbonyl (C=O) groups excluding carboxylic acids is 1. The molecule has 2 rings (SSSR count). The molecule has 2 nitrogen and oxygen atoms in total. The fourth-order valence-electron chi connectivity index (χ4n) is 2.81. The van der Waals surface area contributed by atoms with Gasteiger partial charge in [0.2, 0.25) is 5.91 Å². The molecule has 0 aromatic heterocycles. The zero-order valence-electron chi connectivity index (χ0n) is 10.1. The van der Waals surface area contributed by atoms with E-state index in [-0.39, 0.29) is 8.65 Å². The summed E-state index contributed by atoms with van der Waals surface area (Å²) in [5.41, 5.74) is -0.246. The van der Waals surface area contributed by atoms with Crippen molar-refractivity contribution in [1.82, 2.24) is 4.90 Å². The summed E-state index contributed by atoms with van der Waals surface area (Å²) in [6, 6.07) is 0. The van der Waals surface area contributed by atoms with Crippen LogP contribution in [-0.2, 0) is 4.79 Å². The Hall–Kier alpha value is 0.430. The van der Waals surface area contributed by atoms with Crippen LogP contribution in [0.15, 0.2) is 0 Å². The van der Waals surface area contributed by atoms with E-state index in [1.54, 1.807) is 0 Å². The highest BCUT2D eigenvalue weighted by atomic mass is 79.9. The summed E-state index contributed by atoms with van der Waals surface area (Å²) < 4.78 is -0.159. The molecule has 2 fully saturated rings. The number of hydrogen-bond acceptors (Lipinski definition) is 1. The third kappa shape index (κ3) is 2.07. The topological polar surface area (TPSA) is 20.3 Å². The van der Waals surface area contributed by atoms with Gasteiger partial charge in [0.1, 0.15) is 0 Å². The third-order valence-corrected chi connectivity index (χ3v) is 6.20. The second-order valence-corrected chi connectivity index (χ2v) is 9.64. The maximum absolute atomic E-state index is 12.5. The van der Waals surface area contributed by atoms with Crippen LogP contribution in [0.25, 0.3) is 0 Å². The van der Waals surface area contributed by atoms with Crippen LogP contribution >= 0.6 is 31.9 Å². The summed E-state index contributed by atoms with van der Waals surface area (Å²) in [6.45, 7) is 8.37. The zero-order chi connectivity index (χ0) is 12.1. The molecule has 0 spiro atoms. The second kappa shape index (κ2) is 3.98. The van der Waals surface area contributed by atoms with Gasteiger partial charge in [-0.2, -0.15) is 0 Å². The molecule has 1 aliphatic heterocycles. The van der Waals surface area contributed by atoms with Crippen LogP contribution in [0.2, 0.25) is 0 Å². The lowest BCUT2D eigenvalue weighted by Gasteiger charge is -2.37. The molecular formula is C12H19Br2NO. The Morgan fingerprint density at radius 3 is 2.06 bits per heavy atom. The lowest BCUT2D eigenvalue weighted by molar-refractivity contribution is -0.139. The van der Waals surface area contributed by atoms with Gasteiger partial charge in [-0.25, -0.2) is 0 Å². The fraction of sp³-hybridized carbons (Fsp3) is 0.917. The molecule has 2 aliphatic rings. The van der Waals surface area contributed by atoms with Gasteiger partial charge in [-0.15, -0.1) is 0 Å². The minimum absolute atomic E-state index is 0.159. The van der Waals surface area contributed by atoms with E-state index in [0.29, 0.717) is 17.7 Å². The van der Waals surface area contributed by atoms with E-state index in [4.69, 9.17) is 0 Å². The third-order valence-electron chi connectivity index (χ3n) is 3.89. The fourth-order valence-corrected chi connectivity index (χ4v) is 4.27. The maximum atomic E-state index is 12.5. The molecule has 3 atom stereocenters. The Morgan fingerprint density at radius 1 is 1.25 bits per heavy atom. The van der Waals surface area contributed by atoms with Crippen molar-refractivity contribution in [1.29, 1.82) is 0 Å². The van der Waals surface area contributed by atoms with E-state index >= 15 is 0 Å². The molecule has 1 aliphatic carbocycles. The molecule has 92 valence electrons. The highest BCUT2D eigenvalue weighted by Gasteiger charge is 2.67. The van der Waals surface area contributed by atoms with Crippen molar-refractivity contribution in [2.75, 3.05) is 13.1 Å². The number of halogens is 2. The molecule has 0 aromatic carbocycles. The number of nitrogens with zero attached hydrogens (tertiary/aromatic N) is 1. The minimum atomic E-state index is -0.246. The van der Waals surface area contributed by atoms with Gasteiger partial charge in [-0.3, -0.25) is 4.79 Å². The van der Waals surface area contributed by atoms with Gasteiger partial charge in [0.25, 0.3) is 0 Å². The molecule has 1 amide bonds. The van der Waals surface area contributed by atoms with Crippen LogP contribution in [0.3, 0.4) is 0 Å². The molecule has 1 saturated heterocycles. The Morgan fingerprint density at radius 2 is 1.69 bits per heavy atom. The van der Waals surface area contributed by atoms with E-state index in [1.807, 2.05) is 6.92 Å². The van der Waals surface area contributed by atoms with E-state index < -0.39 is 0 Å². The quantitative estimate of drug-likeness (QED) is 0.662. The molecule has 3 unspecified atom stereocenters. The van der Waals surface area contributed by atoms with Gasteiger partial charge in [-0.1, -0.05) is 45.7 Å². The van der Waals surface area contributed by atoms with E-state index in [9.17, 15) is 4.79 Å². The predicted molar refractivity (Wildman–Crippen MR) is 72.8 cm³/mol. The molecule has 1 heterocycles. The molecular weight excluding hydrogens is 334 g/mol. The molecule has 0 N–H and O–H groups in total. The first kappa shape index (κ1) is 12.9. The Kier molecular flexibility index (Phi) is 3.20. The van der Waals surface area contributed by atoms with Crippen molar-refractivity contribution in [2.24, 2.45) is 17.3 Å². The van der Waals surface area contributed by atoms with Crippen LogP contribution in [0.1, 0.15) is 33.6 Å². The first-order valence-electron chi connectivity index (χ1n) is 5.93. The van der Waals surface area contributed by atoms with Gasteiger partial charge in [0.15, 0.2) is 0 Å². The van der Waals surface area contributed by atoms with Crippen molar-refractivity contribution in [3.05, 3.63) is 0 Å². The summed E-state index contributed by atoms with van der Waals surface area (Å²) >= 11 is 7.15. The first-order chi connectivity index (χ1) is 7.26. The smallest absolute Gasteiger partial charge is 0.230 e. The summed E-state index contributed by atoms with van der Waals surface area (Å²) in [5, 5.41) is 0. The van der Waals surface area contributed by atoms with Gasteiger partial charge < -0.3 is 4.90 Å². The van der Waals surface area contributed by atoms with Crippen LogP contribution < -0.4 is 0 Å². The van der Waals surface area contributed by atoms with E-state index in [2.05, 4.69) is 50.6 Å². The van der Waals surface area contributed by atoms with Crippen molar-refractivity contribution >= 4 is 37.8 Å². The second-order valence-electron chi connectivity index (χ2n) is 5.87. The normalized spacial score (nSPS) is 41.9. The largest absolute Gasteiger partial charge is 0.342 e. The van der Waals surface area contributed by atoms with Gasteiger partial charge in [0, 0.05) is 13.1 Å². The lowest BCUT2D eigenvalue weighted by Crippen LogP contribution is -2.46. The summed E-state index contributed by atoms with van der Waals surface area (Å²) in [6.07, 6.45) is 2.13. The molecule has 1 saturated carbocycles. The molecule has 16 heavy (non-hydrogen) atoms. The zero-order valence-corrected chi connectivity index (χ0v) is 13.3. The van der Waals surface area contributed by atoms with Crippen molar-refractivity contribution in [3.8, 4) is 0 Å². The monoisotopic (exact) mass is 351 g/mol. The van der Waals surface area contributed by atoms with Crippen molar-refractivity contribution in [3.63, 3.8) is 0 Å². The molecule has 4 heteroatoms. The Labute approximate surface area is 114 Å². The number of carbonyl (C=O) groups is 1. The predicted octanol–water partition coefficient (Wildman–Crippen LogP) is 3.39. The molecule has 0 radical (unpaired) electrons. The standard InChI is InChI=1S/C12H19Br2NO/c1-8-4-9(2)6-15(5-8)10(16)11(3)7-12(11,13)14/h8-9H,4-7H2,1-3H3. The number of rotatable bonds is 1. The van der Waals surface area contributed by atoms with E-state index in [1.165, 1.54) is 6.42 Å². The van der Waals surface area contributed by atoms with Gasteiger partial charge >= 0.3 is 0 Å². The minimum Gasteiger partial charge on any atom is -0.342 e. The summed E-state index contributed by atoms with van der Waals surface area (Å²) in [4.78, 5) is 14.5. The van der Waals surface area contributed by atoms with Gasteiger partial charge in [0.05, 0.1) is 8.65 Å². The van der Waals surface area contributed by atoms with Crippen LogP contribution in [0.5, 0.6) is 0 Å². The van der Waals surface area contributed by atoms with Crippen LogP contribution in [0, 0.1) is 17.3 Å². The number of alkyl halides is 2. The number of piperidine rings is 1. The summed E-state index contributed by atoms with van der Waals surface area (Å²) in [7, 11) is 0. The average Bonchev–Trinajstić information content (AvgIpc) is 2.64. The summed E-state index contributed by atoms with van der Waals surface area (Å²) in [5.74, 6) is 1.57. The number of hydrogen-bond donors (Lipinski definition) is 0. The lowest BCUT2D eigenvalue weighted by atomic mass is 9.91. The SMILES string of the molecule is CC1CC(C)CN(C(=O)C2(C)CC2(Br)Br)C1. The van der Waals surface area contributed by atoms with Crippen molar-refractivity contribution < 1.29 is 4.79 Å². The average molecular weight is 353 g/mol. The molecule has 0 aromatic rings. The highest BCUT2D eigenvalue weighted by Crippen LogP contribution is 2.67. The number of amides is 1. The number of likely N-dealkylation sites (tertiary alicyclic amines) is 1. The highest BCUT2D eigenvalue weighted by molar-refractivity contribution is 9.25. The van der Waals surface area contributed by atoms with Gasteiger partial charge in [-0.05, 0) is 31.6 Å². The van der Waals surface area contributed by atoms with Crippen LogP contribution in [-0.4, -0.2) is 27.1 Å². The molecule has 0 bridgehead atoms. The Balaban J connectivity index is 2.06.